The Morgan fingerprint density at radius 2 is 0.973 bits per heavy atom. The average Bonchev–Trinajstić information content (AvgIpc) is 3.31. The Morgan fingerprint density at radius 3 is 1.38 bits per heavy atom. The first kappa shape index (κ1) is 34.2. The van der Waals surface area contributed by atoms with Gasteiger partial charge in [-0.3, -0.25) is 0 Å². The van der Waals surface area contributed by atoms with Crippen molar-refractivity contribution < 1.29 is 57.8 Å². The molecule has 1 heterocycles. The lowest BCUT2D eigenvalue weighted by atomic mass is 9.94. The van der Waals surface area contributed by atoms with Gasteiger partial charge in [0.05, 0.1) is 0 Å². The minimum Gasteiger partial charge on any atom is -0.353 e. The van der Waals surface area contributed by atoms with Crippen molar-refractivity contribution in [2.24, 2.45) is 0 Å². The largest absolute Gasteiger partial charge is 0.460 e. The fourth-order valence-corrected chi connectivity index (χ4v) is 4.05. The van der Waals surface area contributed by atoms with E-state index in [1.165, 1.54) is 0 Å². The Morgan fingerprint density at radius 1 is 0.541 bits per heavy atom. The molecule has 0 radical (unpaired) electrons. The number of rotatable bonds is 20. The van der Waals surface area contributed by atoms with Crippen LogP contribution in [-0.4, -0.2) is 49.4 Å². The molecule has 2 nitrogen and oxygen atoms in total. The van der Waals surface area contributed by atoms with Crippen molar-refractivity contribution in [2.45, 2.75) is 139 Å². The van der Waals surface area contributed by atoms with Crippen molar-refractivity contribution in [3.8, 4) is 0 Å². The first-order chi connectivity index (χ1) is 17.1. The van der Waals surface area contributed by atoms with Crippen LogP contribution in [0.15, 0.2) is 0 Å². The molecule has 37 heavy (non-hydrogen) atoms. The summed E-state index contributed by atoms with van der Waals surface area (Å²) in [4.78, 5) is 0. The van der Waals surface area contributed by atoms with Crippen LogP contribution >= 0.6 is 0 Å². The highest BCUT2D eigenvalue weighted by molar-refractivity contribution is 5.06. The molecule has 0 saturated carbocycles. The van der Waals surface area contributed by atoms with Crippen molar-refractivity contribution in [1.29, 1.82) is 0 Å². The molecule has 1 unspecified atom stereocenters. The van der Waals surface area contributed by atoms with Crippen LogP contribution in [0.1, 0.15) is 103 Å². The lowest BCUT2D eigenvalue weighted by Gasteiger charge is -2.37. The van der Waals surface area contributed by atoms with E-state index in [1.807, 2.05) is 0 Å². The van der Waals surface area contributed by atoms with E-state index >= 15 is 0 Å². The van der Waals surface area contributed by atoms with E-state index in [-0.39, 0.29) is 12.7 Å². The van der Waals surface area contributed by atoms with Gasteiger partial charge in [-0.15, -0.1) is 0 Å². The Labute approximate surface area is 210 Å². The second-order valence-corrected chi connectivity index (χ2v) is 9.58. The highest BCUT2D eigenvalue weighted by Crippen LogP contribution is 2.58. The van der Waals surface area contributed by atoms with Crippen LogP contribution in [0.3, 0.4) is 0 Å². The molecule has 1 rings (SSSR count). The van der Waals surface area contributed by atoms with Gasteiger partial charge in [0.25, 0.3) is 0 Å². The molecule has 1 saturated heterocycles. The second kappa shape index (κ2) is 15.1. The van der Waals surface area contributed by atoms with E-state index in [9.17, 15) is 48.3 Å². The van der Waals surface area contributed by atoms with Crippen LogP contribution in [0, 0.1) is 0 Å². The summed E-state index contributed by atoms with van der Waals surface area (Å²) in [5, 5.41) is 0. The zero-order chi connectivity index (χ0) is 28.2. The standard InChI is InChI=1S/C24H37F11O2/c25-20(26,21(27,28)22(29,30)23(31,32)24(33,34)35)16-12-10-8-6-4-2-1-3-5-7-9-11-13-17-36-19-15-14-18-37-19/h19H,1-18H2. The fraction of sp³-hybridized carbons (Fsp3) is 1.00. The average molecular weight is 567 g/mol. The summed E-state index contributed by atoms with van der Waals surface area (Å²) in [6.45, 7) is 1.46. The van der Waals surface area contributed by atoms with E-state index in [2.05, 4.69) is 0 Å². The smallest absolute Gasteiger partial charge is 0.353 e. The molecule has 1 aliphatic heterocycles. The zero-order valence-electron chi connectivity index (χ0n) is 20.8. The molecule has 1 atom stereocenters. The van der Waals surface area contributed by atoms with Crippen LogP contribution in [0.5, 0.6) is 0 Å². The van der Waals surface area contributed by atoms with Gasteiger partial charge in [-0.2, -0.15) is 48.3 Å². The van der Waals surface area contributed by atoms with Crippen molar-refractivity contribution in [3.05, 3.63) is 0 Å². The van der Waals surface area contributed by atoms with Gasteiger partial charge < -0.3 is 9.47 Å². The maximum atomic E-state index is 13.6. The third kappa shape index (κ3) is 10.0. The molecule has 0 bridgehead atoms. The zero-order valence-corrected chi connectivity index (χ0v) is 20.8. The van der Waals surface area contributed by atoms with Gasteiger partial charge in [-0.1, -0.05) is 70.6 Å². The minimum absolute atomic E-state index is 0.0498. The van der Waals surface area contributed by atoms with Crippen LogP contribution in [-0.2, 0) is 9.47 Å². The Kier molecular flexibility index (Phi) is 13.9. The van der Waals surface area contributed by atoms with E-state index in [0.717, 1.165) is 77.2 Å². The second-order valence-electron chi connectivity index (χ2n) is 9.58. The lowest BCUT2D eigenvalue weighted by molar-refractivity contribution is -0.422. The SMILES string of the molecule is FC(F)(F)C(F)(F)C(F)(F)C(F)(F)C(F)(F)CCCCCCCCCCCCCCCOC1CCCO1. The summed E-state index contributed by atoms with van der Waals surface area (Å²) >= 11 is 0. The van der Waals surface area contributed by atoms with Gasteiger partial charge in [0.2, 0.25) is 0 Å². The normalized spacial score (nSPS) is 18.1. The van der Waals surface area contributed by atoms with Crippen molar-refractivity contribution in [3.63, 3.8) is 0 Å². The van der Waals surface area contributed by atoms with Gasteiger partial charge in [0.15, 0.2) is 6.29 Å². The monoisotopic (exact) mass is 566 g/mol. The molecular formula is C24H37F11O2. The summed E-state index contributed by atoms with van der Waals surface area (Å²) in [5.41, 5.74) is 0. The van der Waals surface area contributed by atoms with Crippen molar-refractivity contribution in [2.75, 3.05) is 13.2 Å². The number of alkyl halides is 11. The number of ether oxygens (including phenoxy) is 2. The predicted octanol–water partition coefficient (Wildman–Crippen LogP) is 9.70. The molecule has 0 N–H and O–H groups in total. The number of hydrogen-bond acceptors (Lipinski definition) is 2. The summed E-state index contributed by atoms with van der Waals surface area (Å²) in [6.07, 6.45) is 2.02. The molecule has 13 heteroatoms. The molecule has 0 aromatic rings. The molecular weight excluding hydrogens is 529 g/mol. The maximum absolute atomic E-state index is 13.6. The quantitative estimate of drug-likeness (QED) is 0.108. The molecule has 0 aromatic heterocycles. The first-order valence-corrected chi connectivity index (χ1v) is 12.9. The van der Waals surface area contributed by atoms with Gasteiger partial charge in [-0.25, -0.2) is 0 Å². The van der Waals surface area contributed by atoms with E-state index < -0.39 is 42.7 Å². The summed E-state index contributed by atoms with van der Waals surface area (Å²) in [6, 6.07) is 0. The molecule has 1 aliphatic rings. The van der Waals surface area contributed by atoms with Gasteiger partial charge in [-0.05, 0) is 19.3 Å². The number of hydrogen-bond donors (Lipinski definition) is 0. The van der Waals surface area contributed by atoms with Crippen LogP contribution in [0.4, 0.5) is 48.3 Å². The number of halogens is 11. The maximum Gasteiger partial charge on any atom is 0.460 e. The lowest BCUT2D eigenvalue weighted by Crippen LogP contribution is -2.66. The van der Waals surface area contributed by atoms with Gasteiger partial charge >= 0.3 is 29.9 Å². The number of unbranched alkanes of at least 4 members (excludes halogenated alkanes) is 12. The van der Waals surface area contributed by atoms with E-state index in [0.29, 0.717) is 19.4 Å². The van der Waals surface area contributed by atoms with Crippen LogP contribution in [0.25, 0.3) is 0 Å². The Balaban J connectivity index is 2.08. The topological polar surface area (TPSA) is 18.5 Å². The molecule has 0 spiro atoms. The summed E-state index contributed by atoms with van der Waals surface area (Å²) in [5.74, 6) is -27.2. The Bertz CT molecular complexity index is 618. The molecule has 1 fully saturated rings. The van der Waals surface area contributed by atoms with Crippen molar-refractivity contribution in [1.82, 2.24) is 0 Å². The van der Waals surface area contributed by atoms with E-state index in [4.69, 9.17) is 9.47 Å². The first-order valence-electron chi connectivity index (χ1n) is 12.9. The highest BCUT2D eigenvalue weighted by Gasteiger charge is 2.86. The van der Waals surface area contributed by atoms with Crippen LogP contribution in [0.2, 0.25) is 0 Å². The Hall–Kier alpha value is -0.850. The molecule has 0 amide bonds. The molecule has 0 aromatic carbocycles. The van der Waals surface area contributed by atoms with Crippen molar-refractivity contribution >= 4 is 0 Å². The predicted molar refractivity (Wildman–Crippen MR) is 115 cm³/mol. The molecule has 0 aliphatic carbocycles. The third-order valence-corrected chi connectivity index (χ3v) is 6.43. The van der Waals surface area contributed by atoms with E-state index in [1.54, 1.807) is 0 Å². The van der Waals surface area contributed by atoms with Crippen LogP contribution < -0.4 is 0 Å². The van der Waals surface area contributed by atoms with Gasteiger partial charge in [0, 0.05) is 26.1 Å². The summed E-state index contributed by atoms with van der Waals surface area (Å²) in [7, 11) is 0. The fourth-order valence-electron chi connectivity index (χ4n) is 4.05. The minimum atomic E-state index is -7.31. The molecule has 222 valence electrons. The van der Waals surface area contributed by atoms with Gasteiger partial charge in [0.1, 0.15) is 0 Å². The summed E-state index contributed by atoms with van der Waals surface area (Å²) < 4.78 is 153. The highest BCUT2D eigenvalue weighted by atomic mass is 19.4. The third-order valence-electron chi connectivity index (χ3n) is 6.43.